The first-order valence-electron chi connectivity index (χ1n) is 2.98. The van der Waals surface area contributed by atoms with E-state index in [1.54, 1.807) is 0 Å². The number of nitrogens with one attached hydrogen (secondary N) is 1. The number of aliphatic hydroxyl groups is 1. The van der Waals surface area contributed by atoms with E-state index in [0.29, 0.717) is 5.71 Å². The zero-order valence-corrected chi connectivity index (χ0v) is 5.28. The second kappa shape index (κ2) is 4.78. The van der Waals surface area contributed by atoms with Crippen LogP contribution in [0.25, 0.3) is 0 Å². The van der Waals surface area contributed by atoms with Gasteiger partial charge < -0.3 is 10.5 Å². The SMILES string of the molecule is CCCCC(=N)CO. The van der Waals surface area contributed by atoms with Crippen molar-refractivity contribution in [3.63, 3.8) is 0 Å². The molecule has 0 saturated carbocycles. The summed E-state index contributed by atoms with van der Waals surface area (Å²) in [6.45, 7) is 2.00. The van der Waals surface area contributed by atoms with E-state index in [2.05, 4.69) is 6.92 Å². The smallest absolute Gasteiger partial charge is 0.0806 e. The molecule has 2 nitrogen and oxygen atoms in total. The molecule has 0 fully saturated rings. The molecule has 0 aliphatic carbocycles. The molecule has 0 atom stereocenters. The average Bonchev–Trinajstić information content (AvgIpc) is 1.83. The highest BCUT2D eigenvalue weighted by molar-refractivity contribution is 5.82. The Bertz CT molecular complexity index is 70.9. The Morgan fingerprint density at radius 2 is 2.25 bits per heavy atom. The molecule has 0 rings (SSSR count). The fourth-order valence-electron chi connectivity index (χ4n) is 0.469. The van der Waals surface area contributed by atoms with Gasteiger partial charge in [0, 0.05) is 5.71 Å². The van der Waals surface area contributed by atoms with E-state index in [1.807, 2.05) is 0 Å². The van der Waals surface area contributed by atoms with E-state index >= 15 is 0 Å². The van der Waals surface area contributed by atoms with Gasteiger partial charge in [-0.15, -0.1) is 0 Å². The minimum absolute atomic E-state index is 0.0694. The summed E-state index contributed by atoms with van der Waals surface area (Å²) in [6.07, 6.45) is 2.88. The highest BCUT2D eigenvalue weighted by Gasteiger charge is 1.90. The summed E-state index contributed by atoms with van der Waals surface area (Å²) in [5, 5.41) is 15.3. The Labute approximate surface area is 50.0 Å². The van der Waals surface area contributed by atoms with E-state index in [0.717, 1.165) is 19.3 Å². The lowest BCUT2D eigenvalue weighted by Gasteiger charge is -1.94. The lowest BCUT2D eigenvalue weighted by atomic mass is 10.2. The van der Waals surface area contributed by atoms with Crippen molar-refractivity contribution in [1.82, 2.24) is 0 Å². The Morgan fingerprint density at radius 1 is 1.62 bits per heavy atom. The molecular weight excluding hydrogens is 102 g/mol. The van der Waals surface area contributed by atoms with Crippen LogP contribution in [0.1, 0.15) is 26.2 Å². The maximum Gasteiger partial charge on any atom is 0.0806 e. The molecule has 0 aliphatic heterocycles. The average molecular weight is 115 g/mol. The number of hydrogen-bond donors (Lipinski definition) is 2. The van der Waals surface area contributed by atoms with Crippen LogP contribution in [0.2, 0.25) is 0 Å². The van der Waals surface area contributed by atoms with Crippen LogP contribution < -0.4 is 0 Å². The summed E-state index contributed by atoms with van der Waals surface area (Å²) in [5.74, 6) is 0. The van der Waals surface area contributed by atoms with Crippen molar-refractivity contribution in [1.29, 1.82) is 5.41 Å². The van der Waals surface area contributed by atoms with Crippen LogP contribution in [-0.2, 0) is 0 Å². The van der Waals surface area contributed by atoms with Gasteiger partial charge in [0.1, 0.15) is 0 Å². The number of hydrogen-bond acceptors (Lipinski definition) is 2. The summed E-state index contributed by atoms with van der Waals surface area (Å²) >= 11 is 0. The van der Waals surface area contributed by atoms with Gasteiger partial charge in [-0.2, -0.15) is 0 Å². The monoisotopic (exact) mass is 115 g/mol. The fraction of sp³-hybridized carbons (Fsp3) is 0.833. The van der Waals surface area contributed by atoms with Gasteiger partial charge in [0.2, 0.25) is 0 Å². The van der Waals surface area contributed by atoms with Crippen LogP contribution in [0.15, 0.2) is 0 Å². The molecule has 0 aliphatic rings. The Hall–Kier alpha value is -0.370. The number of rotatable bonds is 4. The van der Waals surface area contributed by atoms with Gasteiger partial charge in [-0.25, -0.2) is 0 Å². The largest absolute Gasteiger partial charge is 0.390 e. The van der Waals surface area contributed by atoms with E-state index in [9.17, 15) is 0 Å². The third-order valence-electron chi connectivity index (χ3n) is 1.02. The zero-order chi connectivity index (χ0) is 6.41. The highest BCUT2D eigenvalue weighted by atomic mass is 16.3. The van der Waals surface area contributed by atoms with Gasteiger partial charge >= 0.3 is 0 Å². The molecule has 8 heavy (non-hydrogen) atoms. The maximum absolute atomic E-state index is 8.34. The first-order valence-corrected chi connectivity index (χ1v) is 2.98. The van der Waals surface area contributed by atoms with Gasteiger partial charge in [0.05, 0.1) is 6.61 Å². The van der Waals surface area contributed by atoms with Crippen LogP contribution in [0, 0.1) is 5.41 Å². The van der Waals surface area contributed by atoms with Crippen LogP contribution >= 0.6 is 0 Å². The van der Waals surface area contributed by atoms with E-state index in [-0.39, 0.29) is 6.61 Å². The van der Waals surface area contributed by atoms with E-state index in [1.165, 1.54) is 0 Å². The van der Waals surface area contributed by atoms with Gasteiger partial charge in [0.15, 0.2) is 0 Å². The minimum Gasteiger partial charge on any atom is -0.390 e. The predicted molar refractivity (Wildman–Crippen MR) is 34.3 cm³/mol. The standard InChI is InChI=1S/C6H13NO/c1-2-3-4-6(7)5-8/h7-8H,2-5H2,1H3. The summed E-state index contributed by atoms with van der Waals surface area (Å²) < 4.78 is 0. The quantitative estimate of drug-likeness (QED) is 0.531. The van der Waals surface area contributed by atoms with Crippen molar-refractivity contribution < 1.29 is 5.11 Å². The Morgan fingerprint density at radius 3 is 2.62 bits per heavy atom. The van der Waals surface area contributed by atoms with Gasteiger partial charge in [-0.1, -0.05) is 13.3 Å². The molecule has 2 heteroatoms. The van der Waals surface area contributed by atoms with Crippen molar-refractivity contribution in [2.45, 2.75) is 26.2 Å². The summed E-state index contributed by atoms with van der Waals surface area (Å²) in [4.78, 5) is 0. The van der Waals surface area contributed by atoms with Crippen LogP contribution in [0.5, 0.6) is 0 Å². The molecule has 0 aromatic heterocycles. The van der Waals surface area contributed by atoms with Crippen molar-refractivity contribution in [3.8, 4) is 0 Å². The molecule has 0 heterocycles. The first-order chi connectivity index (χ1) is 3.81. The lowest BCUT2D eigenvalue weighted by Crippen LogP contribution is -2.00. The molecule has 0 amide bonds. The molecule has 48 valence electrons. The van der Waals surface area contributed by atoms with E-state index < -0.39 is 0 Å². The molecule has 0 bridgehead atoms. The number of unbranched alkanes of at least 4 members (excludes halogenated alkanes) is 1. The normalized spacial score (nSPS) is 9.25. The van der Waals surface area contributed by atoms with Crippen molar-refractivity contribution in [2.24, 2.45) is 0 Å². The molecular formula is C6H13NO. The van der Waals surface area contributed by atoms with Gasteiger partial charge in [0.25, 0.3) is 0 Å². The van der Waals surface area contributed by atoms with Crippen LogP contribution in [0.3, 0.4) is 0 Å². The van der Waals surface area contributed by atoms with Crippen molar-refractivity contribution in [2.75, 3.05) is 6.61 Å². The molecule has 0 spiro atoms. The second-order valence-corrected chi connectivity index (χ2v) is 1.87. The molecule has 0 saturated heterocycles. The Kier molecular flexibility index (Phi) is 4.56. The predicted octanol–water partition coefficient (Wildman–Crippen LogP) is 1.19. The topological polar surface area (TPSA) is 44.1 Å². The fourth-order valence-corrected chi connectivity index (χ4v) is 0.469. The van der Waals surface area contributed by atoms with Crippen LogP contribution in [-0.4, -0.2) is 17.4 Å². The molecule has 0 unspecified atom stereocenters. The minimum atomic E-state index is -0.0694. The molecule has 0 aromatic rings. The third-order valence-corrected chi connectivity index (χ3v) is 1.02. The van der Waals surface area contributed by atoms with Gasteiger partial charge in [-0.3, -0.25) is 0 Å². The first kappa shape index (κ1) is 7.63. The maximum atomic E-state index is 8.34. The van der Waals surface area contributed by atoms with Crippen molar-refractivity contribution in [3.05, 3.63) is 0 Å². The molecule has 2 N–H and O–H groups in total. The summed E-state index contributed by atoms with van der Waals surface area (Å²) in [6, 6.07) is 0. The van der Waals surface area contributed by atoms with E-state index in [4.69, 9.17) is 10.5 Å². The van der Waals surface area contributed by atoms with Crippen LogP contribution in [0.4, 0.5) is 0 Å². The molecule has 0 aromatic carbocycles. The van der Waals surface area contributed by atoms with Crippen molar-refractivity contribution >= 4 is 5.71 Å². The zero-order valence-electron chi connectivity index (χ0n) is 5.28. The summed E-state index contributed by atoms with van der Waals surface area (Å²) in [7, 11) is 0. The highest BCUT2D eigenvalue weighted by Crippen LogP contribution is 1.93. The lowest BCUT2D eigenvalue weighted by molar-refractivity contribution is 0.353. The molecule has 0 radical (unpaired) electrons. The number of aliphatic hydroxyl groups excluding tert-OH is 1. The third kappa shape index (κ3) is 3.81. The Balaban J connectivity index is 2.99. The second-order valence-electron chi connectivity index (χ2n) is 1.87. The van der Waals surface area contributed by atoms with Gasteiger partial charge in [-0.05, 0) is 12.8 Å². The summed E-state index contributed by atoms with van der Waals surface area (Å²) in [5.41, 5.74) is 0.451.